The second kappa shape index (κ2) is 10.5. The quantitative estimate of drug-likeness (QED) is 0.306. The van der Waals surface area contributed by atoms with Crippen LogP contribution in [0.15, 0.2) is 71.9 Å². The van der Waals surface area contributed by atoms with Gasteiger partial charge in [0.2, 0.25) is 5.91 Å². The number of aromatic nitrogens is 2. The molecule has 4 rings (SSSR count). The van der Waals surface area contributed by atoms with Gasteiger partial charge in [0.05, 0.1) is 34.5 Å². The zero-order valence-electron chi connectivity index (χ0n) is 18.3. The fraction of sp³-hybridized carbons (Fsp3) is 0.208. The Morgan fingerprint density at radius 1 is 1.09 bits per heavy atom. The van der Waals surface area contributed by atoms with Crippen LogP contribution < -0.4 is 9.64 Å². The molecule has 0 spiro atoms. The van der Waals surface area contributed by atoms with Gasteiger partial charge in [-0.25, -0.2) is 13.4 Å². The minimum atomic E-state index is -3.51. The molecule has 1 amide bonds. The molecule has 0 aliphatic heterocycles. The molecule has 0 atom stereocenters. The summed E-state index contributed by atoms with van der Waals surface area (Å²) in [5, 5.41) is 1.01. The van der Waals surface area contributed by atoms with Gasteiger partial charge in [0.15, 0.2) is 15.0 Å². The lowest BCUT2D eigenvalue weighted by Crippen LogP contribution is -2.30. The van der Waals surface area contributed by atoms with E-state index in [4.69, 9.17) is 16.3 Å². The van der Waals surface area contributed by atoms with E-state index in [-0.39, 0.29) is 29.4 Å². The molecule has 0 aliphatic carbocycles. The number of nitrogens with zero attached hydrogens (tertiary/aromatic N) is 3. The number of fused-ring (bicyclic) bond motifs is 1. The van der Waals surface area contributed by atoms with Crippen LogP contribution in [-0.2, 0) is 21.2 Å². The Morgan fingerprint density at radius 3 is 2.53 bits per heavy atom. The number of ether oxygens (including phenoxy) is 1. The van der Waals surface area contributed by atoms with Gasteiger partial charge in [-0.3, -0.25) is 14.7 Å². The smallest absolute Gasteiger partial charge is 0.229 e. The number of amides is 1. The average Bonchev–Trinajstić information content (AvgIpc) is 3.26. The monoisotopic (exact) mass is 515 g/mol. The van der Waals surface area contributed by atoms with Crippen molar-refractivity contribution >= 4 is 54.0 Å². The Morgan fingerprint density at radius 2 is 1.82 bits per heavy atom. The normalized spacial score (nSPS) is 11.5. The summed E-state index contributed by atoms with van der Waals surface area (Å²) >= 11 is 7.24. The summed E-state index contributed by atoms with van der Waals surface area (Å²) in [6.45, 7) is 0.308. The third-order valence-electron chi connectivity index (χ3n) is 5.18. The number of halogens is 1. The molecule has 7 nitrogen and oxygen atoms in total. The highest BCUT2D eigenvalue weighted by molar-refractivity contribution is 7.91. The van der Waals surface area contributed by atoms with Crippen LogP contribution in [0.3, 0.4) is 0 Å². The number of benzene rings is 2. The Labute approximate surface area is 206 Å². The van der Waals surface area contributed by atoms with E-state index in [1.165, 1.54) is 35.6 Å². The summed E-state index contributed by atoms with van der Waals surface area (Å²) in [5.74, 6) is 0.372. The molecular weight excluding hydrogens is 494 g/mol. The number of carbonyl (C=O) groups is 1. The van der Waals surface area contributed by atoms with Crippen LogP contribution in [0.1, 0.15) is 18.4 Å². The third kappa shape index (κ3) is 5.72. The van der Waals surface area contributed by atoms with Crippen molar-refractivity contribution in [1.29, 1.82) is 0 Å². The van der Waals surface area contributed by atoms with E-state index in [9.17, 15) is 13.2 Å². The molecule has 0 N–H and O–H groups in total. The standard InChI is InChI=1S/C24H22ClN3O4S2/c1-32-19-6-9-21-22(15-19)33-24(27-21)28(16-17-10-12-26-13-11-17)23(29)3-2-14-34(30,31)20-7-4-18(25)5-8-20/h4-13,15H,2-3,14,16H2,1H3. The average molecular weight is 516 g/mol. The molecular formula is C24H22ClN3O4S2. The number of pyridine rings is 1. The first kappa shape index (κ1) is 24.1. The zero-order valence-corrected chi connectivity index (χ0v) is 20.7. The summed E-state index contributed by atoms with van der Waals surface area (Å²) in [5.41, 5.74) is 1.66. The molecule has 10 heteroatoms. The highest BCUT2D eigenvalue weighted by Crippen LogP contribution is 2.32. The molecule has 0 saturated heterocycles. The van der Waals surface area contributed by atoms with Gasteiger partial charge in [0.25, 0.3) is 0 Å². The molecule has 0 fully saturated rings. The van der Waals surface area contributed by atoms with Crippen molar-refractivity contribution in [1.82, 2.24) is 9.97 Å². The lowest BCUT2D eigenvalue weighted by molar-refractivity contribution is -0.118. The molecule has 0 unspecified atom stereocenters. The Balaban J connectivity index is 1.53. The van der Waals surface area contributed by atoms with E-state index < -0.39 is 9.84 Å². The first-order chi connectivity index (χ1) is 16.4. The second-order valence-corrected chi connectivity index (χ2v) is 11.1. The van der Waals surface area contributed by atoms with Crippen LogP contribution >= 0.6 is 22.9 Å². The number of sulfone groups is 1. The van der Waals surface area contributed by atoms with Crippen LogP contribution in [0.25, 0.3) is 10.2 Å². The van der Waals surface area contributed by atoms with Gasteiger partial charge in [-0.05, 0) is 66.6 Å². The predicted molar refractivity (Wildman–Crippen MR) is 134 cm³/mol. The van der Waals surface area contributed by atoms with Crippen molar-refractivity contribution in [3.05, 3.63) is 77.6 Å². The van der Waals surface area contributed by atoms with Gasteiger partial charge in [0.1, 0.15) is 5.75 Å². The second-order valence-electron chi connectivity index (χ2n) is 7.54. The lowest BCUT2D eigenvalue weighted by atomic mass is 10.2. The van der Waals surface area contributed by atoms with Gasteiger partial charge < -0.3 is 4.74 Å². The van der Waals surface area contributed by atoms with Crippen LogP contribution in [-0.4, -0.2) is 37.2 Å². The molecule has 34 heavy (non-hydrogen) atoms. The van der Waals surface area contributed by atoms with Crippen LogP contribution in [0.4, 0.5) is 5.13 Å². The predicted octanol–water partition coefficient (Wildman–Crippen LogP) is 5.14. The van der Waals surface area contributed by atoms with Crippen molar-refractivity contribution in [2.75, 3.05) is 17.8 Å². The molecule has 176 valence electrons. The fourth-order valence-electron chi connectivity index (χ4n) is 3.38. The van der Waals surface area contributed by atoms with E-state index in [0.29, 0.717) is 22.4 Å². The first-order valence-electron chi connectivity index (χ1n) is 10.5. The number of anilines is 1. The molecule has 4 aromatic rings. The summed E-state index contributed by atoms with van der Waals surface area (Å²) in [4.78, 5) is 23.7. The van der Waals surface area contributed by atoms with Crippen molar-refractivity contribution in [3.63, 3.8) is 0 Å². The van der Waals surface area contributed by atoms with Crippen LogP contribution in [0, 0.1) is 0 Å². The Hall–Kier alpha value is -3.01. The van der Waals surface area contributed by atoms with Gasteiger partial charge in [-0.2, -0.15) is 0 Å². The van der Waals surface area contributed by atoms with Gasteiger partial charge in [0, 0.05) is 23.8 Å². The van der Waals surface area contributed by atoms with Crippen LogP contribution in [0.5, 0.6) is 5.75 Å². The van der Waals surface area contributed by atoms with Crippen LogP contribution in [0.2, 0.25) is 5.02 Å². The maximum atomic E-state index is 13.3. The molecule has 2 aromatic carbocycles. The number of carbonyl (C=O) groups excluding carboxylic acids is 1. The Kier molecular flexibility index (Phi) is 7.45. The van der Waals surface area contributed by atoms with Gasteiger partial charge in [-0.15, -0.1) is 0 Å². The SMILES string of the molecule is COc1ccc2nc(N(Cc3ccncc3)C(=O)CCCS(=O)(=O)c3ccc(Cl)cc3)sc2c1. The third-order valence-corrected chi connectivity index (χ3v) is 8.29. The van der Waals surface area contributed by atoms with Crippen molar-refractivity contribution in [2.45, 2.75) is 24.3 Å². The molecule has 0 radical (unpaired) electrons. The Bertz CT molecular complexity index is 1390. The van der Waals surface area contributed by atoms with E-state index in [1.54, 1.807) is 24.4 Å². The number of thiazole rings is 1. The zero-order chi connectivity index (χ0) is 24.1. The molecule has 0 bridgehead atoms. The highest BCUT2D eigenvalue weighted by Gasteiger charge is 2.22. The topological polar surface area (TPSA) is 89.5 Å². The summed E-state index contributed by atoms with van der Waals surface area (Å²) in [7, 11) is -1.92. The minimum Gasteiger partial charge on any atom is -0.497 e. The van der Waals surface area contributed by atoms with E-state index >= 15 is 0 Å². The summed E-state index contributed by atoms with van der Waals surface area (Å²) < 4.78 is 31.5. The molecule has 0 aliphatic rings. The van der Waals surface area contributed by atoms with E-state index in [2.05, 4.69) is 9.97 Å². The van der Waals surface area contributed by atoms with E-state index in [1.807, 2.05) is 30.3 Å². The lowest BCUT2D eigenvalue weighted by Gasteiger charge is -2.20. The fourth-order valence-corrected chi connectivity index (χ4v) is 5.82. The van der Waals surface area contributed by atoms with Crippen molar-refractivity contribution in [2.24, 2.45) is 0 Å². The first-order valence-corrected chi connectivity index (χ1v) is 13.3. The molecule has 2 heterocycles. The maximum Gasteiger partial charge on any atom is 0.229 e. The van der Waals surface area contributed by atoms with Gasteiger partial charge >= 0.3 is 0 Å². The highest BCUT2D eigenvalue weighted by atomic mass is 35.5. The number of hydrogen-bond donors (Lipinski definition) is 0. The van der Waals surface area contributed by atoms with Gasteiger partial charge in [-0.1, -0.05) is 22.9 Å². The van der Waals surface area contributed by atoms with Crippen molar-refractivity contribution in [3.8, 4) is 5.75 Å². The summed E-state index contributed by atoms with van der Waals surface area (Å²) in [6, 6.07) is 15.3. The molecule has 0 saturated carbocycles. The number of methoxy groups -OCH3 is 1. The maximum absolute atomic E-state index is 13.3. The number of hydrogen-bond acceptors (Lipinski definition) is 7. The molecule has 2 aromatic heterocycles. The summed E-state index contributed by atoms with van der Waals surface area (Å²) in [6.07, 6.45) is 3.59. The largest absolute Gasteiger partial charge is 0.497 e. The van der Waals surface area contributed by atoms with Crippen molar-refractivity contribution < 1.29 is 17.9 Å². The minimum absolute atomic E-state index is 0.0666. The number of rotatable bonds is 9. The van der Waals surface area contributed by atoms with E-state index in [0.717, 1.165) is 15.8 Å².